The molecule has 0 atom stereocenters. The lowest BCUT2D eigenvalue weighted by Gasteiger charge is -2.20. The van der Waals surface area contributed by atoms with Crippen molar-refractivity contribution in [2.45, 2.75) is 33.7 Å². The van der Waals surface area contributed by atoms with Crippen LogP contribution in [-0.2, 0) is 16.1 Å². The van der Waals surface area contributed by atoms with Gasteiger partial charge in [0.25, 0.3) is 0 Å². The predicted octanol–water partition coefficient (Wildman–Crippen LogP) is 3.08. The molecule has 0 fully saturated rings. The number of nitrogens with zero attached hydrogens (tertiary/aromatic N) is 2. The number of amides is 2. The predicted molar refractivity (Wildman–Crippen MR) is 94.5 cm³/mol. The number of nitrogens with one attached hydrogen (secondary N) is 1. The summed E-state index contributed by atoms with van der Waals surface area (Å²) in [6.45, 7) is 6.39. The number of anilines is 1. The van der Waals surface area contributed by atoms with Crippen molar-refractivity contribution in [3.8, 4) is 0 Å². The Morgan fingerprint density at radius 3 is 2.58 bits per heavy atom. The summed E-state index contributed by atoms with van der Waals surface area (Å²) in [4.78, 5) is 29.6. The quantitative estimate of drug-likeness (QED) is 0.888. The third-order valence-electron chi connectivity index (χ3n) is 3.94. The molecule has 0 saturated carbocycles. The van der Waals surface area contributed by atoms with Crippen molar-refractivity contribution in [3.05, 3.63) is 59.4 Å². The Bertz CT molecular complexity index is 714. The van der Waals surface area contributed by atoms with Gasteiger partial charge in [-0.15, -0.1) is 0 Å². The lowest BCUT2D eigenvalue weighted by atomic mass is 10.1. The van der Waals surface area contributed by atoms with E-state index in [2.05, 4.69) is 10.3 Å². The zero-order valence-corrected chi connectivity index (χ0v) is 14.4. The summed E-state index contributed by atoms with van der Waals surface area (Å²) >= 11 is 0. The molecule has 126 valence electrons. The molecule has 0 saturated heterocycles. The zero-order chi connectivity index (χ0) is 17.5. The number of hydrogen-bond donors (Lipinski definition) is 1. The molecule has 1 heterocycles. The molecule has 5 heteroatoms. The number of hydrogen-bond acceptors (Lipinski definition) is 3. The van der Waals surface area contributed by atoms with Gasteiger partial charge in [0.2, 0.25) is 11.8 Å². The molecule has 0 spiro atoms. The number of carbonyl (C=O) groups is 2. The highest BCUT2D eigenvalue weighted by atomic mass is 16.2. The molecule has 1 aromatic heterocycles. The Labute approximate surface area is 142 Å². The van der Waals surface area contributed by atoms with Crippen molar-refractivity contribution in [2.75, 3.05) is 11.9 Å². The van der Waals surface area contributed by atoms with Gasteiger partial charge in [-0.2, -0.15) is 0 Å². The molecule has 0 aliphatic rings. The molecule has 0 unspecified atom stereocenters. The largest absolute Gasteiger partial charge is 0.338 e. The van der Waals surface area contributed by atoms with Crippen molar-refractivity contribution >= 4 is 17.5 Å². The maximum atomic E-state index is 12.1. The van der Waals surface area contributed by atoms with Crippen LogP contribution < -0.4 is 5.32 Å². The third-order valence-corrected chi connectivity index (χ3v) is 3.94. The molecule has 2 amide bonds. The van der Waals surface area contributed by atoms with E-state index in [0.29, 0.717) is 13.1 Å². The van der Waals surface area contributed by atoms with Gasteiger partial charge < -0.3 is 10.2 Å². The summed E-state index contributed by atoms with van der Waals surface area (Å²) in [5.74, 6) is -0.159. The smallest absolute Gasteiger partial charge is 0.226 e. The van der Waals surface area contributed by atoms with E-state index in [9.17, 15) is 9.59 Å². The fraction of sp³-hybridized carbons (Fsp3) is 0.316. The van der Waals surface area contributed by atoms with Crippen LogP contribution in [0.15, 0.2) is 42.7 Å². The van der Waals surface area contributed by atoms with Crippen molar-refractivity contribution in [3.63, 3.8) is 0 Å². The molecule has 0 aliphatic carbocycles. The second-order valence-corrected chi connectivity index (χ2v) is 5.90. The van der Waals surface area contributed by atoms with E-state index in [1.54, 1.807) is 17.3 Å². The minimum Gasteiger partial charge on any atom is -0.338 e. The Hall–Kier alpha value is -2.69. The average molecular weight is 325 g/mol. The highest BCUT2D eigenvalue weighted by molar-refractivity contribution is 5.91. The Morgan fingerprint density at radius 1 is 1.17 bits per heavy atom. The number of benzene rings is 1. The molecule has 1 aromatic carbocycles. The average Bonchev–Trinajstić information content (AvgIpc) is 2.55. The molecule has 0 aliphatic heterocycles. The van der Waals surface area contributed by atoms with Gasteiger partial charge in [-0.25, -0.2) is 0 Å². The first kappa shape index (κ1) is 17.7. The molecule has 24 heavy (non-hydrogen) atoms. The van der Waals surface area contributed by atoms with Crippen molar-refractivity contribution < 1.29 is 9.59 Å². The van der Waals surface area contributed by atoms with Crippen molar-refractivity contribution in [2.24, 2.45) is 0 Å². The minimum atomic E-state index is -0.101. The molecule has 0 bridgehead atoms. The lowest BCUT2D eigenvalue weighted by molar-refractivity contribution is -0.129. The first-order valence-corrected chi connectivity index (χ1v) is 7.97. The van der Waals surface area contributed by atoms with Gasteiger partial charge in [-0.3, -0.25) is 14.6 Å². The zero-order valence-electron chi connectivity index (χ0n) is 14.4. The van der Waals surface area contributed by atoms with E-state index in [1.807, 2.05) is 44.2 Å². The normalized spacial score (nSPS) is 10.3. The number of aromatic nitrogens is 1. The number of carbonyl (C=O) groups excluding carboxylic acids is 2. The highest BCUT2D eigenvalue weighted by Crippen LogP contribution is 2.14. The summed E-state index contributed by atoms with van der Waals surface area (Å²) < 4.78 is 0. The van der Waals surface area contributed by atoms with E-state index < -0.39 is 0 Å². The Morgan fingerprint density at radius 2 is 1.96 bits per heavy atom. The molecule has 2 rings (SSSR count). The maximum absolute atomic E-state index is 12.1. The molecule has 5 nitrogen and oxygen atoms in total. The van der Waals surface area contributed by atoms with Crippen LogP contribution in [-0.4, -0.2) is 28.2 Å². The number of aryl methyl sites for hydroxylation is 2. The van der Waals surface area contributed by atoms with Crippen LogP contribution in [0.1, 0.15) is 30.0 Å². The van der Waals surface area contributed by atoms with Gasteiger partial charge in [0, 0.05) is 44.5 Å². The van der Waals surface area contributed by atoms with Crippen molar-refractivity contribution in [1.29, 1.82) is 0 Å². The first-order valence-electron chi connectivity index (χ1n) is 7.97. The van der Waals surface area contributed by atoms with E-state index in [4.69, 9.17) is 0 Å². The third kappa shape index (κ3) is 5.19. The topological polar surface area (TPSA) is 62.3 Å². The van der Waals surface area contributed by atoms with Crippen LogP contribution >= 0.6 is 0 Å². The first-order chi connectivity index (χ1) is 11.5. The molecular weight excluding hydrogens is 302 g/mol. The van der Waals surface area contributed by atoms with Crippen LogP contribution in [0.3, 0.4) is 0 Å². The fourth-order valence-corrected chi connectivity index (χ4v) is 2.34. The monoisotopic (exact) mass is 325 g/mol. The van der Waals surface area contributed by atoms with Gasteiger partial charge in [-0.05, 0) is 48.7 Å². The summed E-state index contributed by atoms with van der Waals surface area (Å²) in [6, 6.07) is 9.57. The molecule has 2 aromatic rings. The molecule has 1 N–H and O–H groups in total. The van der Waals surface area contributed by atoms with Gasteiger partial charge in [0.1, 0.15) is 0 Å². The molecule has 0 radical (unpaired) electrons. The van der Waals surface area contributed by atoms with Gasteiger partial charge >= 0.3 is 0 Å². The fourth-order valence-electron chi connectivity index (χ4n) is 2.34. The van der Waals surface area contributed by atoms with E-state index in [-0.39, 0.29) is 18.2 Å². The summed E-state index contributed by atoms with van der Waals surface area (Å²) in [5.41, 5.74) is 4.05. The van der Waals surface area contributed by atoms with Gasteiger partial charge in [0.15, 0.2) is 0 Å². The van der Waals surface area contributed by atoms with Crippen LogP contribution in [0, 0.1) is 13.8 Å². The molecular formula is C19H23N3O2. The van der Waals surface area contributed by atoms with Crippen LogP contribution in [0.2, 0.25) is 0 Å². The highest BCUT2D eigenvalue weighted by Gasteiger charge is 2.12. The van der Waals surface area contributed by atoms with Crippen LogP contribution in [0.25, 0.3) is 0 Å². The number of pyridine rings is 1. The lowest BCUT2D eigenvalue weighted by Crippen LogP contribution is -2.31. The Balaban J connectivity index is 1.90. The summed E-state index contributed by atoms with van der Waals surface area (Å²) in [6.07, 6.45) is 3.68. The van der Waals surface area contributed by atoms with Crippen LogP contribution in [0.5, 0.6) is 0 Å². The SMILES string of the molecule is CC(=O)N(CCC(=O)Nc1ccc(C)c(C)c1)Cc1cccnc1. The van der Waals surface area contributed by atoms with Gasteiger partial charge in [0.05, 0.1) is 0 Å². The standard InChI is InChI=1S/C19H23N3O2/c1-14-6-7-18(11-15(14)2)21-19(24)8-10-22(16(3)23)13-17-5-4-9-20-12-17/h4-7,9,11-12H,8,10,13H2,1-3H3,(H,21,24). The second kappa shape index (κ2) is 8.24. The maximum Gasteiger partial charge on any atom is 0.226 e. The summed E-state index contributed by atoms with van der Waals surface area (Å²) in [5, 5.41) is 2.88. The van der Waals surface area contributed by atoms with Crippen molar-refractivity contribution in [1.82, 2.24) is 9.88 Å². The minimum absolute atomic E-state index is 0.0576. The van der Waals surface area contributed by atoms with Crippen LogP contribution in [0.4, 0.5) is 5.69 Å². The van der Waals surface area contributed by atoms with Gasteiger partial charge in [-0.1, -0.05) is 12.1 Å². The van der Waals surface area contributed by atoms with E-state index in [0.717, 1.165) is 16.8 Å². The Kier molecular flexibility index (Phi) is 6.07. The number of rotatable bonds is 6. The van der Waals surface area contributed by atoms with E-state index in [1.165, 1.54) is 12.5 Å². The summed E-state index contributed by atoms with van der Waals surface area (Å²) in [7, 11) is 0. The van der Waals surface area contributed by atoms with E-state index >= 15 is 0 Å². The second-order valence-electron chi connectivity index (χ2n) is 5.90.